The Kier molecular flexibility index (Phi) is 5.68. The van der Waals surface area contributed by atoms with Gasteiger partial charge in [0.25, 0.3) is 0 Å². The maximum absolute atomic E-state index is 5.68. The van der Waals surface area contributed by atoms with Crippen LogP contribution in [-0.2, 0) is 0 Å². The molecule has 0 radical (unpaired) electrons. The van der Waals surface area contributed by atoms with Gasteiger partial charge in [-0.2, -0.15) is 14.9 Å². The molecule has 0 saturated heterocycles. The maximum Gasteiger partial charge on any atom is 0.246 e. The minimum absolute atomic E-state index is 0.509. The van der Waals surface area contributed by atoms with Crippen LogP contribution in [0.1, 0.15) is 18.2 Å². The SMILES string of the molecule is CCOc1c(N=Nc2ccccc2C)c(C)nn1C(=S)SC. The number of ether oxygens (including phenoxy) is 1. The van der Waals surface area contributed by atoms with Crippen molar-refractivity contribution in [2.24, 2.45) is 10.2 Å². The van der Waals surface area contributed by atoms with Crippen LogP contribution in [0.25, 0.3) is 0 Å². The van der Waals surface area contributed by atoms with E-state index < -0.39 is 0 Å². The van der Waals surface area contributed by atoms with Crippen molar-refractivity contribution in [2.45, 2.75) is 20.8 Å². The molecule has 0 bridgehead atoms. The quantitative estimate of drug-likeness (QED) is 0.595. The smallest absolute Gasteiger partial charge is 0.246 e. The molecule has 1 aromatic heterocycles. The lowest BCUT2D eigenvalue weighted by atomic mass is 10.2. The average Bonchev–Trinajstić information content (AvgIpc) is 2.82. The number of hydrogen-bond donors (Lipinski definition) is 0. The van der Waals surface area contributed by atoms with Crippen molar-refractivity contribution in [3.05, 3.63) is 35.5 Å². The summed E-state index contributed by atoms with van der Waals surface area (Å²) >= 11 is 6.74. The van der Waals surface area contributed by atoms with E-state index in [1.54, 1.807) is 4.68 Å². The maximum atomic E-state index is 5.68. The molecule has 2 aromatic rings. The first-order chi connectivity index (χ1) is 10.6. The number of aryl methyl sites for hydroxylation is 2. The molecule has 0 amide bonds. The second-order valence-electron chi connectivity index (χ2n) is 4.54. The van der Waals surface area contributed by atoms with E-state index in [-0.39, 0.29) is 0 Å². The van der Waals surface area contributed by atoms with Crippen LogP contribution in [-0.4, -0.2) is 27.0 Å². The number of azo groups is 1. The molecule has 0 fully saturated rings. The van der Waals surface area contributed by atoms with Crippen molar-refractivity contribution in [3.63, 3.8) is 0 Å². The minimum Gasteiger partial charge on any atom is -0.476 e. The molecule has 1 aromatic carbocycles. The van der Waals surface area contributed by atoms with E-state index in [0.29, 0.717) is 22.5 Å². The molecule has 22 heavy (non-hydrogen) atoms. The highest BCUT2D eigenvalue weighted by Crippen LogP contribution is 2.34. The molecule has 0 spiro atoms. The normalized spacial score (nSPS) is 11.1. The van der Waals surface area contributed by atoms with Crippen molar-refractivity contribution in [2.75, 3.05) is 12.9 Å². The van der Waals surface area contributed by atoms with E-state index in [1.165, 1.54) is 11.8 Å². The van der Waals surface area contributed by atoms with Gasteiger partial charge in [0.05, 0.1) is 18.0 Å². The van der Waals surface area contributed by atoms with Crippen LogP contribution in [0.5, 0.6) is 5.88 Å². The van der Waals surface area contributed by atoms with Gasteiger partial charge in [0.1, 0.15) is 0 Å². The summed E-state index contributed by atoms with van der Waals surface area (Å²) in [4.78, 5) is 0. The Labute approximate surface area is 139 Å². The van der Waals surface area contributed by atoms with Crippen molar-refractivity contribution >= 4 is 39.7 Å². The lowest BCUT2D eigenvalue weighted by molar-refractivity contribution is 0.321. The van der Waals surface area contributed by atoms with E-state index in [0.717, 1.165) is 16.9 Å². The molecule has 0 saturated carbocycles. The highest BCUT2D eigenvalue weighted by atomic mass is 32.2. The van der Waals surface area contributed by atoms with Crippen molar-refractivity contribution in [3.8, 4) is 5.88 Å². The van der Waals surface area contributed by atoms with Crippen LogP contribution in [0.2, 0.25) is 0 Å². The summed E-state index contributed by atoms with van der Waals surface area (Å²) in [5, 5.41) is 13.1. The van der Waals surface area contributed by atoms with Gasteiger partial charge in [-0.05, 0) is 38.7 Å². The first kappa shape index (κ1) is 16.6. The molecular weight excluding hydrogens is 316 g/mol. The number of thiocarbonyl (C=S) groups is 1. The van der Waals surface area contributed by atoms with E-state index in [2.05, 4.69) is 15.3 Å². The second-order valence-corrected chi connectivity index (χ2v) is 5.98. The third-order valence-corrected chi connectivity index (χ3v) is 4.18. The zero-order valence-corrected chi connectivity index (χ0v) is 14.7. The van der Waals surface area contributed by atoms with Gasteiger partial charge in [-0.15, -0.1) is 5.11 Å². The van der Waals surface area contributed by atoms with Crippen molar-refractivity contribution in [1.82, 2.24) is 9.78 Å². The number of thioether (sulfide) groups is 1. The van der Waals surface area contributed by atoms with Gasteiger partial charge in [0, 0.05) is 0 Å². The number of hydrogen-bond acceptors (Lipinski definition) is 6. The Morgan fingerprint density at radius 3 is 2.68 bits per heavy atom. The third kappa shape index (κ3) is 3.53. The highest BCUT2D eigenvalue weighted by Gasteiger charge is 2.19. The molecule has 116 valence electrons. The molecule has 0 N–H and O–H groups in total. The third-order valence-electron chi connectivity index (χ3n) is 2.99. The Morgan fingerprint density at radius 1 is 1.32 bits per heavy atom. The lowest BCUT2D eigenvalue weighted by Crippen LogP contribution is -2.09. The molecule has 0 aliphatic heterocycles. The standard InChI is InChI=1S/C15H18N4OS2/c1-5-20-14-13(11(3)18-19(14)15(21)22-4)17-16-12-9-7-6-8-10(12)2/h6-9H,5H2,1-4H3. The summed E-state index contributed by atoms with van der Waals surface area (Å²) < 4.78 is 7.89. The van der Waals surface area contributed by atoms with Crippen LogP contribution >= 0.6 is 24.0 Å². The van der Waals surface area contributed by atoms with Crippen LogP contribution < -0.4 is 4.74 Å². The van der Waals surface area contributed by atoms with Crippen molar-refractivity contribution in [1.29, 1.82) is 0 Å². The van der Waals surface area contributed by atoms with Gasteiger partial charge in [-0.25, -0.2) is 0 Å². The monoisotopic (exact) mass is 334 g/mol. The summed E-state index contributed by atoms with van der Waals surface area (Å²) in [6.45, 7) is 6.29. The summed E-state index contributed by atoms with van der Waals surface area (Å²) in [5.74, 6) is 0.539. The molecule has 0 unspecified atom stereocenters. The van der Waals surface area contributed by atoms with Gasteiger partial charge >= 0.3 is 0 Å². The summed E-state index contributed by atoms with van der Waals surface area (Å²) in [7, 11) is 0. The number of nitrogens with zero attached hydrogens (tertiary/aromatic N) is 4. The van der Waals surface area contributed by atoms with Crippen LogP contribution in [0.3, 0.4) is 0 Å². The van der Waals surface area contributed by atoms with Crippen LogP contribution in [0.15, 0.2) is 34.5 Å². The minimum atomic E-state index is 0.509. The highest BCUT2D eigenvalue weighted by molar-refractivity contribution is 8.22. The van der Waals surface area contributed by atoms with Crippen LogP contribution in [0, 0.1) is 13.8 Å². The predicted molar refractivity (Wildman–Crippen MR) is 95.0 cm³/mol. The van der Waals surface area contributed by atoms with E-state index in [9.17, 15) is 0 Å². The summed E-state index contributed by atoms with van der Waals surface area (Å²) in [6, 6.07) is 7.83. The molecule has 2 rings (SSSR count). The fourth-order valence-electron chi connectivity index (χ4n) is 1.87. The van der Waals surface area contributed by atoms with Gasteiger partial charge in [0.2, 0.25) is 5.88 Å². The largest absolute Gasteiger partial charge is 0.476 e. The van der Waals surface area contributed by atoms with Gasteiger partial charge in [0.15, 0.2) is 10.0 Å². The summed E-state index contributed by atoms with van der Waals surface area (Å²) in [5.41, 5.74) is 3.23. The first-order valence-corrected chi connectivity index (χ1v) is 8.49. The predicted octanol–water partition coefficient (Wildman–Crippen LogP) is 4.81. The Hall–Kier alpha value is -1.73. The molecule has 0 aliphatic carbocycles. The Morgan fingerprint density at radius 2 is 2.05 bits per heavy atom. The Bertz CT molecular complexity index is 710. The Balaban J connectivity index is 2.44. The number of rotatable bonds is 4. The fourth-order valence-corrected chi connectivity index (χ4v) is 2.29. The summed E-state index contributed by atoms with van der Waals surface area (Å²) in [6.07, 6.45) is 1.91. The fraction of sp³-hybridized carbons (Fsp3) is 0.333. The van der Waals surface area contributed by atoms with Gasteiger partial charge in [-0.3, -0.25) is 0 Å². The zero-order valence-electron chi connectivity index (χ0n) is 13.0. The van der Waals surface area contributed by atoms with Gasteiger partial charge < -0.3 is 4.74 Å². The van der Waals surface area contributed by atoms with Crippen molar-refractivity contribution < 1.29 is 4.74 Å². The van der Waals surface area contributed by atoms with Crippen LogP contribution in [0.4, 0.5) is 11.4 Å². The average molecular weight is 334 g/mol. The van der Waals surface area contributed by atoms with E-state index in [4.69, 9.17) is 17.0 Å². The molecule has 1 heterocycles. The number of aromatic nitrogens is 2. The molecule has 0 aliphatic rings. The number of benzene rings is 1. The van der Waals surface area contributed by atoms with E-state index >= 15 is 0 Å². The van der Waals surface area contributed by atoms with Gasteiger partial charge in [-0.1, -0.05) is 42.2 Å². The lowest BCUT2D eigenvalue weighted by Gasteiger charge is -2.07. The molecular formula is C15H18N4OS2. The van der Waals surface area contributed by atoms with E-state index in [1.807, 2.05) is 51.3 Å². The molecule has 5 nitrogen and oxygen atoms in total. The molecule has 0 atom stereocenters. The molecule has 7 heteroatoms. The zero-order chi connectivity index (χ0) is 16.1. The topological polar surface area (TPSA) is 51.8 Å². The first-order valence-electron chi connectivity index (χ1n) is 6.86. The second kappa shape index (κ2) is 7.51.